The van der Waals surface area contributed by atoms with E-state index in [9.17, 15) is 0 Å². The van der Waals surface area contributed by atoms with Crippen LogP contribution >= 0.6 is 0 Å². The van der Waals surface area contributed by atoms with Crippen molar-refractivity contribution in [2.45, 2.75) is 0 Å². The summed E-state index contributed by atoms with van der Waals surface area (Å²) >= 11 is 0. The van der Waals surface area contributed by atoms with E-state index in [4.69, 9.17) is 39.6 Å². The summed E-state index contributed by atoms with van der Waals surface area (Å²) in [5.41, 5.74) is 0. The topological polar surface area (TPSA) is 192 Å². The predicted octanol–water partition coefficient (Wildman–Crippen LogP) is -7.86. The van der Waals surface area contributed by atoms with E-state index < -0.39 is 23.9 Å². The molecule has 0 rings (SSSR count). The molecule has 0 fully saturated rings. The standard InChI is InChI=1S/2C2H2O4.2Cu.H2O/c2*3-1(4)2(5)6;;;/h2*(H,3,4)(H,5,6);;;1H2/q;;2*+2;/p-4. The van der Waals surface area contributed by atoms with Crippen LogP contribution in [0.25, 0.3) is 0 Å². The van der Waals surface area contributed by atoms with Gasteiger partial charge in [-0.3, -0.25) is 0 Å². The maximum Gasteiger partial charge on any atom is 2.00 e. The van der Waals surface area contributed by atoms with Crippen LogP contribution in [-0.4, -0.2) is 29.4 Å². The number of rotatable bonds is 0. The first-order valence-electron chi connectivity index (χ1n) is 2.13. The monoisotopic (exact) mass is 320 g/mol. The number of hydrogen-bond donors (Lipinski definition) is 0. The van der Waals surface area contributed by atoms with Gasteiger partial charge in [0.05, 0.1) is 23.9 Å². The summed E-state index contributed by atoms with van der Waals surface area (Å²) in [7, 11) is 0. The van der Waals surface area contributed by atoms with Gasteiger partial charge in [-0.25, -0.2) is 0 Å². The first kappa shape index (κ1) is 29.2. The zero-order valence-corrected chi connectivity index (χ0v) is 8.25. The molecule has 0 bridgehead atoms. The minimum Gasteiger partial charge on any atom is -0.543 e. The molecule has 0 aliphatic rings. The third kappa shape index (κ3) is 32.2. The SMILES string of the molecule is O.O=C([O-])C(=O)[O-].O=C([O-])C(=O)[O-].[Cu+2].[Cu+2]. The third-order valence-electron chi connectivity index (χ3n) is 0.333. The number of hydrogen-bond acceptors (Lipinski definition) is 8. The van der Waals surface area contributed by atoms with Crippen LogP contribution in [0.1, 0.15) is 0 Å². The van der Waals surface area contributed by atoms with E-state index >= 15 is 0 Å². The van der Waals surface area contributed by atoms with E-state index in [0.29, 0.717) is 0 Å². The largest absolute Gasteiger partial charge is 2.00 e. The van der Waals surface area contributed by atoms with Gasteiger partial charge in [-0.15, -0.1) is 0 Å². The van der Waals surface area contributed by atoms with Crippen molar-refractivity contribution in [3.05, 3.63) is 0 Å². The second-order valence-electron chi connectivity index (χ2n) is 1.15. The van der Waals surface area contributed by atoms with Gasteiger partial charge in [-0.1, -0.05) is 0 Å². The summed E-state index contributed by atoms with van der Waals surface area (Å²) in [6.45, 7) is 0. The van der Waals surface area contributed by atoms with Crippen molar-refractivity contribution >= 4 is 23.9 Å². The normalized spacial score (nSPS) is 5.87. The number of aliphatic carboxylic acids is 4. The van der Waals surface area contributed by atoms with Gasteiger partial charge in [0.1, 0.15) is 0 Å². The quantitative estimate of drug-likeness (QED) is 0.310. The fourth-order valence-electron chi connectivity index (χ4n) is 0. The van der Waals surface area contributed by atoms with Crippen LogP contribution in [0.5, 0.6) is 0 Å². The molecule has 0 aliphatic heterocycles. The summed E-state index contributed by atoms with van der Waals surface area (Å²) in [6, 6.07) is 0. The zero-order valence-electron chi connectivity index (χ0n) is 6.37. The van der Waals surface area contributed by atoms with E-state index in [-0.39, 0.29) is 39.6 Å². The van der Waals surface area contributed by atoms with E-state index in [0.717, 1.165) is 0 Å². The van der Waals surface area contributed by atoms with Gasteiger partial charge < -0.3 is 45.1 Å². The van der Waals surface area contributed by atoms with Crippen molar-refractivity contribution in [2.75, 3.05) is 0 Å². The molecule has 2 radical (unpaired) electrons. The molecule has 0 saturated carbocycles. The molecular formula is C4H2Cu2O9. The molecule has 0 heterocycles. The first-order chi connectivity index (χ1) is 5.29. The summed E-state index contributed by atoms with van der Waals surface area (Å²) in [6.07, 6.45) is 0. The van der Waals surface area contributed by atoms with Gasteiger partial charge in [0, 0.05) is 0 Å². The minimum atomic E-state index is -2.19. The smallest absolute Gasteiger partial charge is 0.543 e. The van der Waals surface area contributed by atoms with Gasteiger partial charge in [0.15, 0.2) is 0 Å². The molecule has 0 aromatic rings. The van der Waals surface area contributed by atoms with Crippen molar-refractivity contribution in [1.82, 2.24) is 0 Å². The Bertz CT molecular complexity index is 176. The third-order valence-corrected chi connectivity index (χ3v) is 0.333. The molecule has 2 N–H and O–H groups in total. The van der Waals surface area contributed by atoms with Crippen LogP contribution in [-0.2, 0) is 53.3 Å². The molecule has 0 aromatic heterocycles. The molecule has 0 spiro atoms. The Balaban J connectivity index is -0.0000000370. The number of carboxylic acids is 4. The summed E-state index contributed by atoms with van der Waals surface area (Å²) in [5.74, 6) is -8.74. The Morgan fingerprint density at radius 2 is 0.600 bits per heavy atom. The summed E-state index contributed by atoms with van der Waals surface area (Å²) < 4.78 is 0. The second-order valence-corrected chi connectivity index (χ2v) is 1.15. The minimum absolute atomic E-state index is 0. The van der Waals surface area contributed by atoms with Crippen LogP contribution in [0, 0.1) is 0 Å². The number of carbonyl (C=O) groups is 4. The Labute approximate surface area is 103 Å². The van der Waals surface area contributed by atoms with Gasteiger partial charge in [-0.05, 0) is 0 Å². The van der Waals surface area contributed by atoms with Gasteiger partial charge in [0.2, 0.25) is 0 Å². The molecule has 11 heteroatoms. The molecule has 94 valence electrons. The zero-order chi connectivity index (χ0) is 10.3. The number of carboxylic acid groups (broad SMARTS) is 4. The van der Waals surface area contributed by atoms with Gasteiger partial charge >= 0.3 is 34.1 Å². The maximum atomic E-state index is 8.93. The van der Waals surface area contributed by atoms with E-state index in [1.54, 1.807) is 0 Å². The molecule has 0 saturated heterocycles. The van der Waals surface area contributed by atoms with Gasteiger partial charge in [0.25, 0.3) is 0 Å². The van der Waals surface area contributed by atoms with Crippen LogP contribution in [0.15, 0.2) is 0 Å². The van der Waals surface area contributed by atoms with E-state index in [1.165, 1.54) is 0 Å². The van der Waals surface area contributed by atoms with Crippen LogP contribution < -0.4 is 20.4 Å². The van der Waals surface area contributed by atoms with Crippen molar-refractivity contribution in [3.63, 3.8) is 0 Å². The molecule has 0 aliphatic carbocycles. The summed E-state index contributed by atoms with van der Waals surface area (Å²) in [5, 5.41) is 35.7. The van der Waals surface area contributed by atoms with Crippen molar-refractivity contribution in [2.24, 2.45) is 0 Å². The van der Waals surface area contributed by atoms with E-state index in [2.05, 4.69) is 0 Å². The van der Waals surface area contributed by atoms with Crippen molar-refractivity contribution in [3.8, 4) is 0 Å². The predicted molar refractivity (Wildman–Crippen MR) is 23.6 cm³/mol. The average Bonchev–Trinajstić information content (AvgIpc) is 1.88. The van der Waals surface area contributed by atoms with Gasteiger partial charge in [-0.2, -0.15) is 0 Å². The maximum absolute atomic E-state index is 8.93. The second kappa shape index (κ2) is 15.4. The Hall–Kier alpha value is -1.12. The molecule has 0 amide bonds. The fraction of sp³-hybridized carbons (Fsp3) is 0. The number of carbonyl (C=O) groups excluding carboxylic acids is 4. The Kier molecular flexibility index (Phi) is 29.9. The van der Waals surface area contributed by atoms with E-state index in [1.807, 2.05) is 0 Å². The molecule has 0 atom stereocenters. The first-order valence-corrected chi connectivity index (χ1v) is 2.13. The van der Waals surface area contributed by atoms with Crippen molar-refractivity contribution in [1.29, 1.82) is 0 Å². The molecule has 15 heavy (non-hydrogen) atoms. The molecule has 0 aromatic carbocycles. The summed E-state index contributed by atoms with van der Waals surface area (Å²) in [4.78, 5) is 35.7. The molecule has 0 unspecified atom stereocenters. The molecule has 9 nitrogen and oxygen atoms in total. The fourth-order valence-corrected chi connectivity index (χ4v) is 0. The Morgan fingerprint density at radius 1 is 0.533 bits per heavy atom. The van der Waals surface area contributed by atoms with Crippen molar-refractivity contribution < 1.29 is 79.2 Å². The van der Waals surface area contributed by atoms with Crippen LogP contribution in [0.2, 0.25) is 0 Å². The van der Waals surface area contributed by atoms with Crippen LogP contribution in [0.4, 0.5) is 0 Å². The molecular weight excluding hydrogens is 319 g/mol. The van der Waals surface area contributed by atoms with Crippen LogP contribution in [0.3, 0.4) is 0 Å². The Morgan fingerprint density at radius 3 is 0.600 bits per heavy atom. The average molecular weight is 321 g/mol.